The molecule has 1 amide bonds. The Morgan fingerprint density at radius 3 is 2.62 bits per heavy atom. The number of amides is 1. The normalized spacial score (nSPS) is 19.2. The van der Waals surface area contributed by atoms with Crippen LogP contribution in [0.4, 0.5) is 10.5 Å². The van der Waals surface area contributed by atoms with Crippen LogP contribution in [0.5, 0.6) is 0 Å². The summed E-state index contributed by atoms with van der Waals surface area (Å²) in [5.74, 6) is 0. The van der Waals surface area contributed by atoms with Gasteiger partial charge in [-0.15, -0.1) is 0 Å². The molecule has 6 heteroatoms. The fourth-order valence-electron chi connectivity index (χ4n) is 2.61. The fraction of sp³-hybridized carbons (Fsp3) is 0.278. The number of ether oxygens (including phenoxy) is 1. The van der Waals surface area contributed by atoms with E-state index >= 15 is 0 Å². The molecule has 2 aromatic carbocycles. The lowest BCUT2D eigenvalue weighted by Crippen LogP contribution is -2.49. The van der Waals surface area contributed by atoms with Crippen molar-refractivity contribution in [3.63, 3.8) is 0 Å². The lowest BCUT2D eigenvalue weighted by atomic mass is 9.86. The zero-order valence-corrected chi connectivity index (χ0v) is 15.3. The van der Waals surface area contributed by atoms with Crippen LogP contribution in [0.25, 0.3) is 0 Å². The van der Waals surface area contributed by atoms with Crippen LogP contribution in [0.1, 0.15) is 18.4 Å². The van der Waals surface area contributed by atoms with Gasteiger partial charge in [0.05, 0.1) is 5.02 Å². The molecular weight excluding hydrogens is 392 g/mol. The molecule has 126 valence electrons. The highest BCUT2D eigenvalue weighted by Crippen LogP contribution is 2.29. The highest BCUT2D eigenvalue weighted by atomic mass is 79.9. The van der Waals surface area contributed by atoms with E-state index in [1.165, 1.54) is 0 Å². The Balaban J connectivity index is 1.37. The second kappa shape index (κ2) is 7.90. The number of rotatable bonds is 5. The van der Waals surface area contributed by atoms with Crippen molar-refractivity contribution in [1.29, 1.82) is 0 Å². The summed E-state index contributed by atoms with van der Waals surface area (Å²) < 4.78 is 6.09. The monoisotopic (exact) mass is 408 g/mol. The van der Waals surface area contributed by atoms with Crippen molar-refractivity contribution < 1.29 is 9.53 Å². The lowest BCUT2D eigenvalue weighted by molar-refractivity contribution is 0.129. The minimum Gasteiger partial charge on any atom is -0.445 e. The molecule has 0 unspecified atom stereocenters. The molecule has 3 rings (SSSR count). The number of alkyl carbamates (subject to hydrolysis) is 1. The van der Waals surface area contributed by atoms with E-state index in [9.17, 15) is 4.79 Å². The standard InChI is InChI=1S/C18H18BrClN2O2/c19-16-10-13(6-7-17(16)20)21-14-8-15(9-14)22-18(23)24-11-12-4-2-1-3-5-12/h1-7,10,14-15,21H,8-9,11H2,(H,22,23). The molecule has 0 saturated heterocycles. The van der Waals surface area contributed by atoms with Gasteiger partial charge in [0.1, 0.15) is 6.61 Å². The van der Waals surface area contributed by atoms with Crippen LogP contribution in [0, 0.1) is 0 Å². The Labute approximate surface area is 154 Å². The smallest absolute Gasteiger partial charge is 0.407 e. The van der Waals surface area contributed by atoms with Crippen molar-refractivity contribution in [3.05, 3.63) is 63.6 Å². The SMILES string of the molecule is O=C(NC1CC(Nc2ccc(Cl)c(Br)c2)C1)OCc1ccccc1. The quantitative estimate of drug-likeness (QED) is 0.733. The van der Waals surface area contributed by atoms with E-state index in [0.29, 0.717) is 17.7 Å². The zero-order chi connectivity index (χ0) is 16.9. The van der Waals surface area contributed by atoms with Crippen LogP contribution in [0.15, 0.2) is 53.0 Å². The predicted molar refractivity (Wildman–Crippen MR) is 99.3 cm³/mol. The molecule has 0 heterocycles. The first-order valence-electron chi connectivity index (χ1n) is 7.79. The number of hydrogen-bond acceptors (Lipinski definition) is 3. The molecule has 0 radical (unpaired) electrons. The molecule has 0 spiro atoms. The second-order valence-corrected chi connectivity index (χ2v) is 7.11. The van der Waals surface area contributed by atoms with E-state index in [4.69, 9.17) is 16.3 Å². The molecule has 0 aromatic heterocycles. The summed E-state index contributed by atoms with van der Waals surface area (Å²) in [4.78, 5) is 11.8. The summed E-state index contributed by atoms with van der Waals surface area (Å²) >= 11 is 9.39. The van der Waals surface area contributed by atoms with Gasteiger partial charge in [0.15, 0.2) is 0 Å². The molecule has 4 nitrogen and oxygen atoms in total. The molecular formula is C18H18BrClN2O2. The number of halogens is 2. The maximum atomic E-state index is 11.8. The molecule has 24 heavy (non-hydrogen) atoms. The Bertz CT molecular complexity index is 705. The maximum absolute atomic E-state index is 11.8. The average Bonchev–Trinajstić information content (AvgIpc) is 2.55. The van der Waals surface area contributed by atoms with Crippen LogP contribution in [-0.4, -0.2) is 18.2 Å². The summed E-state index contributed by atoms with van der Waals surface area (Å²) in [6, 6.07) is 15.9. The number of hydrogen-bond donors (Lipinski definition) is 2. The first kappa shape index (κ1) is 17.1. The Hall–Kier alpha value is -1.72. The molecule has 0 atom stereocenters. The number of carbonyl (C=O) groups excluding carboxylic acids is 1. The maximum Gasteiger partial charge on any atom is 0.407 e. The topological polar surface area (TPSA) is 50.4 Å². The molecule has 0 aliphatic heterocycles. The van der Waals surface area contributed by atoms with E-state index in [2.05, 4.69) is 26.6 Å². The number of carbonyl (C=O) groups is 1. The van der Waals surface area contributed by atoms with Crippen LogP contribution < -0.4 is 10.6 Å². The van der Waals surface area contributed by atoms with E-state index in [1.807, 2.05) is 48.5 Å². The van der Waals surface area contributed by atoms with Gasteiger partial charge in [-0.3, -0.25) is 0 Å². The van der Waals surface area contributed by atoms with E-state index in [0.717, 1.165) is 28.6 Å². The van der Waals surface area contributed by atoms with Crippen LogP contribution in [0.2, 0.25) is 5.02 Å². The number of nitrogens with one attached hydrogen (secondary N) is 2. The van der Waals surface area contributed by atoms with Crippen molar-refractivity contribution in [3.8, 4) is 0 Å². The third kappa shape index (κ3) is 4.65. The Morgan fingerprint density at radius 2 is 1.92 bits per heavy atom. The highest BCUT2D eigenvalue weighted by Gasteiger charge is 2.30. The van der Waals surface area contributed by atoms with Crippen molar-refractivity contribution in [2.75, 3.05) is 5.32 Å². The van der Waals surface area contributed by atoms with Gasteiger partial charge in [0.25, 0.3) is 0 Å². The number of anilines is 1. The summed E-state index contributed by atoms with van der Waals surface area (Å²) in [5.41, 5.74) is 2.00. The summed E-state index contributed by atoms with van der Waals surface area (Å²) in [5, 5.41) is 7.01. The third-order valence-electron chi connectivity index (χ3n) is 3.96. The number of benzene rings is 2. The van der Waals surface area contributed by atoms with Gasteiger partial charge >= 0.3 is 6.09 Å². The van der Waals surface area contributed by atoms with Crippen molar-refractivity contribution in [2.24, 2.45) is 0 Å². The van der Waals surface area contributed by atoms with Crippen molar-refractivity contribution in [1.82, 2.24) is 5.32 Å². The van der Waals surface area contributed by atoms with Gasteiger partial charge < -0.3 is 15.4 Å². The van der Waals surface area contributed by atoms with Gasteiger partial charge in [-0.2, -0.15) is 0 Å². The largest absolute Gasteiger partial charge is 0.445 e. The Kier molecular flexibility index (Phi) is 5.63. The van der Waals surface area contributed by atoms with Gasteiger partial charge in [-0.05, 0) is 52.5 Å². The summed E-state index contributed by atoms with van der Waals surface area (Å²) in [7, 11) is 0. The second-order valence-electron chi connectivity index (χ2n) is 5.84. The molecule has 1 saturated carbocycles. The van der Waals surface area contributed by atoms with Gasteiger partial charge in [-0.25, -0.2) is 4.79 Å². The third-order valence-corrected chi connectivity index (χ3v) is 5.18. The van der Waals surface area contributed by atoms with Crippen LogP contribution in [-0.2, 0) is 11.3 Å². The molecule has 2 aromatic rings. The first-order chi connectivity index (χ1) is 11.6. The molecule has 1 fully saturated rings. The fourth-order valence-corrected chi connectivity index (χ4v) is 3.10. The van der Waals surface area contributed by atoms with Crippen molar-refractivity contribution >= 4 is 39.3 Å². The van der Waals surface area contributed by atoms with Crippen molar-refractivity contribution in [2.45, 2.75) is 31.5 Å². The van der Waals surface area contributed by atoms with Gasteiger partial charge in [-0.1, -0.05) is 41.9 Å². The summed E-state index contributed by atoms with van der Waals surface area (Å²) in [6.07, 6.45) is 1.39. The highest BCUT2D eigenvalue weighted by molar-refractivity contribution is 9.10. The van der Waals surface area contributed by atoms with E-state index in [1.54, 1.807) is 0 Å². The molecule has 1 aliphatic carbocycles. The zero-order valence-electron chi connectivity index (χ0n) is 13.0. The Morgan fingerprint density at radius 1 is 1.17 bits per heavy atom. The van der Waals surface area contributed by atoms with Gasteiger partial charge in [0, 0.05) is 22.2 Å². The minimum atomic E-state index is -0.364. The first-order valence-corrected chi connectivity index (χ1v) is 8.96. The lowest BCUT2D eigenvalue weighted by Gasteiger charge is -2.36. The molecule has 0 bridgehead atoms. The van der Waals surface area contributed by atoms with E-state index < -0.39 is 0 Å². The van der Waals surface area contributed by atoms with Crippen LogP contribution in [0.3, 0.4) is 0 Å². The van der Waals surface area contributed by atoms with Gasteiger partial charge in [0.2, 0.25) is 0 Å². The predicted octanol–water partition coefficient (Wildman–Crippen LogP) is 4.97. The van der Waals surface area contributed by atoms with E-state index in [-0.39, 0.29) is 12.1 Å². The minimum absolute atomic E-state index is 0.154. The average molecular weight is 410 g/mol. The van der Waals surface area contributed by atoms with Crippen LogP contribution >= 0.6 is 27.5 Å². The molecule has 1 aliphatic rings. The summed E-state index contributed by atoms with van der Waals surface area (Å²) in [6.45, 7) is 0.292. The molecule has 2 N–H and O–H groups in total.